The number of unbranched alkanes of at least 4 members (excludes halogenated alkanes) is 35. The van der Waals surface area contributed by atoms with E-state index >= 15 is 0 Å². The lowest BCUT2D eigenvalue weighted by Gasteiger charge is -2.29. The first kappa shape index (κ1) is 86.6. The smallest absolute Gasteiger partial charge is 0.268 e. The van der Waals surface area contributed by atoms with E-state index in [2.05, 4.69) is 141 Å². The zero-order chi connectivity index (χ0) is 65.5. The topological polar surface area (TPSA) is 108 Å². The van der Waals surface area contributed by atoms with Gasteiger partial charge in [-0.3, -0.25) is 9.36 Å². The van der Waals surface area contributed by atoms with Crippen LogP contribution in [0.3, 0.4) is 0 Å². The fourth-order valence-corrected chi connectivity index (χ4v) is 11.3. The van der Waals surface area contributed by atoms with Crippen LogP contribution >= 0.6 is 7.82 Å². The van der Waals surface area contributed by atoms with E-state index in [1.165, 1.54) is 173 Å². The van der Waals surface area contributed by atoms with Crippen molar-refractivity contribution in [1.82, 2.24) is 5.32 Å². The molecule has 3 atom stereocenters. The lowest BCUT2D eigenvalue weighted by molar-refractivity contribution is -0.870. The molecule has 3 unspecified atom stereocenters. The Balaban J connectivity index is 4.14. The van der Waals surface area contributed by atoms with Crippen LogP contribution in [0.2, 0.25) is 0 Å². The molecule has 0 aromatic heterocycles. The van der Waals surface area contributed by atoms with Crippen LogP contribution in [0.5, 0.6) is 0 Å². The number of amides is 1. The highest BCUT2D eigenvalue weighted by molar-refractivity contribution is 7.45. The number of aliphatic hydroxyl groups is 1. The zero-order valence-corrected chi connectivity index (χ0v) is 60.2. The van der Waals surface area contributed by atoms with Crippen LogP contribution in [0.1, 0.15) is 322 Å². The molecule has 0 bridgehead atoms. The summed E-state index contributed by atoms with van der Waals surface area (Å²) >= 11 is 0. The number of hydrogen-bond acceptors (Lipinski definition) is 6. The van der Waals surface area contributed by atoms with E-state index in [1.807, 2.05) is 27.2 Å². The summed E-state index contributed by atoms with van der Waals surface area (Å²) in [4.78, 5) is 25.7. The molecule has 0 fully saturated rings. The van der Waals surface area contributed by atoms with Crippen molar-refractivity contribution in [3.63, 3.8) is 0 Å². The van der Waals surface area contributed by atoms with E-state index in [0.29, 0.717) is 17.4 Å². The largest absolute Gasteiger partial charge is 0.756 e. The van der Waals surface area contributed by atoms with Crippen LogP contribution in [0, 0.1) is 0 Å². The van der Waals surface area contributed by atoms with Gasteiger partial charge in [0.1, 0.15) is 13.2 Å². The second-order valence-corrected chi connectivity index (χ2v) is 27.7. The molecule has 8 nitrogen and oxygen atoms in total. The second kappa shape index (κ2) is 70.0. The number of hydrogen-bond donors (Lipinski definition) is 2. The van der Waals surface area contributed by atoms with E-state index in [-0.39, 0.29) is 12.5 Å². The molecule has 9 heteroatoms. The Morgan fingerprint density at radius 2 is 0.678 bits per heavy atom. The van der Waals surface area contributed by atoms with E-state index in [9.17, 15) is 19.4 Å². The van der Waals surface area contributed by atoms with Gasteiger partial charge >= 0.3 is 0 Å². The van der Waals surface area contributed by atoms with Gasteiger partial charge in [0.25, 0.3) is 7.82 Å². The predicted molar refractivity (Wildman–Crippen MR) is 394 cm³/mol. The van der Waals surface area contributed by atoms with Crippen molar-refractivity contribution >= 4 is 13.7 Å². The van der Waals surface area contributed by atoms with E-state index in [1.54, 1.807) is 6.08 Å². The molecule has 2 N–H and O–H groups in total. The number of nitrogens with one attached hydrogen (secondary N) is 1. The molecule has 1 amide bonds. The molecule has 0 rings (SSSR count). The van der Waals surface area contributed by atoms with Crippen LogP contribution in [-0.2, 0) is 18.4 Å². The maximum Gasteiger partial charge on any atom is 0.268 e. The molecule has 0 aliphatic heterocycles. The predicted octanol–water partition coefficient (Wildman–Crippen LogP) is 23.9. The Morgan fingerprint density at radius 1 is 0.400 bits per heavy atom. The fourth-order valence-electron chi connectivity index (χ4n) is 10.6. The summed E-state index contributed by atoms with van der Waals surface area (Å²) in [6, 6.07) is -0.907. The van der Waals surface area contributed by atoms with Crippen molar-refractivity contribution in [2.24, 2.45) is 0 Å². The molecule has 518 valence electrons. The summed E-state index contributed by atoms with van der Waals surface area (Å²) in [6.45, 7) is 4.55. The average Bonchev–Trinajstić information content (AvgIpc) is 3.18. The number of allylic oxidation sites excluding steroid dienone is 21. The van der Waals surface area contributed by atoms with Gasteiger partial charge in [-0.2, -0.15) is 0 Å². The zero-order valence-electron chi connectivity index (χ0n) is 59.3. The second-order valence-electron chi connectivity index (χ2n) is 26.3. The lowest BCUT2D eigenvalue weighted by Crippen LogP contribution is -2.45. The Hall–Kier alpha value is -3.36. The van der Waals surface area contributed by atoms with Gasteiger partial charge in [-0.05, 0) is 96.3 Å². The summed E-state index contributed by atoms with van der Waals surface area (Å²) in [7, 11) is 1.24. The van der Waals surface area contributed by atoms with Gasteiger partial charge in [0, 0.05) is 6.42 Å². The van der Waals surface area contributed by atoms with Crippen molar-refractivity contribution < 1.29 is 32.9 Å². The number of carbonyl (C=O) groups excluding carboxylic acids is 1. The van der Waals surface area contributed by atoms with Crippen molar-refractivity contribution in [3.05, 3.63) is 134 Å². The normalized spacial score (nSPS) is 14.3. The minimum atomic E-state index is -4.62. The van der Waals surface area contributed by atoms with Crippen LogP contribution in [0.15, 0.2) is 134 Å². The van der Waals surface area contributed by atoms with Crippen LogP contribution in [0.25, 0.3) is 0 Å². The van der Waals surface area contributed by atoms with Crippen molar-refractivity contribution in [2.75, 3.05) is 40.9 Å². The maximum absolute atomic E-state index is 13.1. The molecule has 0 aliphatic carbocycles. The number of rotatable bonds is 68. The molecular formula is C81H143N2O6P. The molecular weight excluding hydrogens is 1130 g/mol. The number of carbonyl (C=O) groups is 1. The highest BCUT2D eigenvalue weighted by Gasteiger charge is 2.23. The van der Waals surface area contributed by atoms with Crippen LogP contribution in [-0.4, -0.2) is 68.5 Å². The maximum atomic E-state index is 13.1. The summed E-state index contributed by atoms with van der Waals surface area (Å²) in [5, 5.41) is 14.0. The standard InChI is InChI=1S/C81H143N2O6P/c1-6-8-10-12-14-16-18-20-22-24-26-28-30-32-34-36-38-39-40-41-42-43-45-47-49-51-53-55-57-59-61-63-65-67-69-71-73-75-81(85)82-79(78-89-90(86,87)88-77-76-83(3,4)5)80(84)74-72-70-68-66-64-62-60-58-56-54-52-50-48-46-44-37-35-33-31-29-27-25-23-21-19-17-15-13-11-9-7-2/h8,10,14,16,20,22,26,28,32,34,38-39,41-42,45,47,51,53,57,59,72,74,79-80,84H,6-7,9,11-13,15,17-19,21,23-25,27,29-31,33,35-37,40,43-44,46,48-50,52,54-56,58,60-71,73,75-78H2,1-5H3,(H-,82,85,86,87)/b10-8-,16-14-,22-20-,28-26-,34-32-,39-38-,42-41-,47-45-,53-51-,59-57-,74-72+. The molecule has 0 radical (unpaired) electrons. The molecule has 0 aromatic rings. The average molecular weight is 1270 g/mol. The van der Waals surface area contributed by atoms with Gasteiger partial charge in [0.2, 0.25) is 5.91 Å². The quantitative estimate of drug-likeness (QED) is 0.0272. The molecule has 0 heterocycles. The first-order valence-corrected chi connectivity index (χ1v) is 39.0. The van der Waals surface area contributed by atoms with E-state index in [4.69, 9.17) is 9.05 Å². The molecule has 90 heavy (non-hydrogen) atoms. The van der Waals surface area contributed by atoms with E-state index < -0.39 is 26.6 Å². The summed E-state index contributed by atoms with van der Waals surface area (Å²) in [5.41, 5.74) is 0. The van der Waals surface area contributed by atoms with Crippen molar-refractivity contribution in [3.8, 4) is 0 Å². The van der Waals surface area contributed by atoms with Gasteiger partial charge in [0.15, 0.2) is 0 Å². The van der Waals surface area contributed by atoms with Crippen LogP contribution in [0.4, 0.5) is 0 Å². The van der Waals surface area contributed by atoms with Gasteiger partial charge in [-0.15, -0.1) is 0 Å². The van der Waals surface area contributed by atoms with Gasteiger partial charge in [-0.25, -0.2) is 0 Å². The first-order valence-electron chi connectivity index (χ1n) is 37.5. The SMILES string of the molecule is CC/C=C\C/C=C\C/C=C\C/C=C\C/C=C\C/C=C\C/C=C\C/C=C\C/C=C\C/C=C\CCCCCCCCC(=O)NC(COP(=O)([O-])OCC[N+](C)(C)C)C(O)/C=C/CCCCCCCCCCCCCCCCCCCCCCCCCCCCCCC. The summed E-state index contributed by atoms with van der Waals surface area (Å²) < 4.78 is 23.5. The minimum absolute atomic E-state index is 0.0104. The molecule has 0 spiro atoms. The number of phosphoric ester groups is 1. The monoisotopic (exact) mass is 1270 g/mol. The third kappa shape index (κ3) is 72.1. The minimum Gasteiger partial charge on any atom is -0.756 e. The number of likely N-dealkylation sites (N-methyl/N-ethyl adjacent to an activating group) is 1. The highest BCUT2D eigenvalue weighted by Crippen LogP contribution is 2.38. The molecule has 0 saturated carbocycles. The number of quaternary nitrogens is 1. The van der Waals surface area contributed by atoms with Gasteiger partial charge in [0.05, 0.1) is 39.9 Å². The Kier molecular flexibility index (Phi) is 67.4. The molecule has 0 aromatic carbocycles. The first-order chi connectivity index (χ1) is 44.0. The van der Waals surface area contributed by atoms with Crippen LogP contribution < -0.4 is 10.2 Å². The Bertz CT molecular complexity index is 1930. The van der Waals surface area contributed by atoms with Crippen molar-refractivity contribution in [2.45, 2.75) is 334 Å². The van der Waals surface area contributed by atoms with Crippen molar-refractivity contribution in [1.29, 1.82) is 0 Å². The number of aliphatic hydroxyl groups excluding tert-OH is 1. The molecule has 0 saturated heterocycles. The highest BCUT2D eigenvalue weighted by atomic mass is 31.2. The Morgan fingerprint density at radius 3 is 0.989 bits per heavy atom. The van der Waals surface area contributed by atoms with Gasteiger partial charge in [-0.1, -0.05) is 353 Å². The lowest BCUT2D eigenvalue weighted by atomic mass is 10.0. The fraction of sp³-hybridized carbons (Fsp3) is 0.716. The summed E-state index contributed by atoms with van der Waals surface area (Å²) in [5.74, 6) is -0.214. The van der Waals surface area contributed by atoms with Gasteiger partial charge < -0.3 is 28.8 Å². The number of nitrogens with zero attached hydrogens (tertiary/aromatic N) is 1. The van der Waals surface area contributed by atoms with E-state index in [0.717, 1.165) is 128 Å². The Labute approximate surface area is 557 Å². The number of phosphoric acid groups is 1. The summed E-state index contributed by atoms with van der Waals surface area (Å²) in [6.07, 6.45) is 106. The third-order valence-corrected chi connectivity index (χ3v) is 17.3. The molecule has 0 aliphatic rings. The third-order valence-electron chi connectivity index (χ3n) is 16.4.